The summed E-state index contributed by atoms with van der Waals surface area (Å²) in [6.07, 6.45) is 1.45. The maximum absolute atomic E-state index is 12.3. The number of carbonyl (C=O) groups is 2. The van der Waals surface area contributed by atoms with Crippen LogP contribution in [-0.4, -0.2) is 41.1 Å². The van der Waals surface area contributed by atoms with Crippen LogP contribution in [0, 0.1) is 0 Å². The molecule has 1 N–H and O–H groups in total. The number of amides is 2. The van der Waals surface area contributed by atoms with Gasteiger partial charge in [0, 0.05) is 23.7 Å². The minimum Gasteiger partial charge on any atom is -0.444 e. The largest absolute Gasteiger partial charge is 0.444 e. The molecule has 1 saturated heterocycles. The van der Waals surface area contributed by atoms with E-state index in [4.69, 9.17) is 16.3 Å². The molecule has 1 heterocycles. The average Bonchev–Trinajstić information content (AvgIpc) is 2.48. The third kappa shape index (κ3) is 6.24. The molecule has 0 saturated carbocycles. The van der Waals surface area contributed by atoms with Gasteiger partial charge in [0.1, 0.15) is 5.60 Å². The molecule has 5 nitrogen and oxygen atoms in total. The van der Waals surface area contributed by atoms with E-state index < -0.39 is 5.60 Å². The zero-order valence-electron chi connectivity index (χ0n) is 15.4. The van der Waals surface area contributed by atoms with Crippen LogP contribution in [0.3, 0.4) is 0 Å². The van der Waals surface area contributed by atoms with Crippen molar-refractivity contribution in [1.82, 2.24) is 10.2 Å². The Labute approximate surface area is 154 Å². The fraction of sp³-hybridized carbons (Fsp3) is 0.579. The normalized spacial score (nSPS) is 17.1. The van der Waals surface area contributed by atoms with E-state index in [2.05, 4.69) is 5.32 Å². The average molecular weight is 367 g/mol. The highest BCUT2D eigenvalue weighted by Gasteiger charge is 2.34. The molecule has 1 aromatic carbocycles. The summed E-state index contributed by atoms with van der Waals surface area (Å²) in [6.45, 7) is 8.75. The minimum atomic E-state index is -0.495. The summed E-state index contributed by atoms with van der Waals surface area (Å²) in [6, 6.07) is 7.28. The van der Waals surface area contributed by atoms with Crippen LogP contribution in [0.2, 0.25) is 5.02 Å². The van der Waals surface area contributed by atoms with Gasteiger partial charge in [0.05, 0.1) is 6.42 Å². The van der Waals surface area contributed by atoms with Gasteiger partial charge in [0.25, 0.3) is 0 Å². The van der Waals surface area contributed by atoms with Gasteiger partial charge in [0.15, 0.2) is 0 Å². The van der Waals surface area contributed by atoms with E-state index >= 15 is 0 Å². The number of hydrogen-bond acceptors (Lipinski definition) is 3. The molecule has 2 amide bonds. The fourth-order valence-electron chi connectivity index (χ4n) is 2.80. The second kappa shape index (κ2) is 7.65. The molecule has 0 bridgehead atoms. The van der Waals surface area contributed by atoms with Gasteiger partial charge >= 0.3 is 6.09 Å². The van der Waals surface area contributed by atoms with Gasteiger partial charge < -0.3 is 15.0 Å². The predicted octanol–water partition coefficient (Wildman–Crippen LogP) is 3.79. The van der Waals surface area contributed by atoms with E-state index in [1.807, 2.05) is 39.8 Å². The Bertz CT molecular complexity index is 615. The molecule has 6 heteroatoms. The summed E-state index contributed by atoms with van der Waals surface area (Å²) >= 11 is 5.86. The highest BCUT2D eigenvalue weighted by Crippen LogP contribution is 2.23. The molecule has 2 rings (SSSR count). The van der Waals surface area contributed by atoms with Crippen molar-refractivity contribution in [2.45, 2.75) is 58.1 Å². The molecule has 0 unspecified atom stereocenters. The van der Waals surface area contributed by atoms with Crippen molar-refractivity contribution in [3.63, 3.8) is 0 Å². The van der Waals surface area contributed by atoms with E-state index in [1.165, 1.54) is 0 Å². The van der Waals surface area contributed by atoms with Crippen molar-refractivity contribution in [2.75, 3.05) is 13.1 Å². The van der Waals surface area contributed by atoms with E-state index in [0.29, 0.717) is 37.4 Å². The van der Waals surface area contributed by atoms with Gasteiger partial charge in [-0.1, -0.05) is 23.7 Å². The smallest absolute Gasteiger partial charge is 0.410 e. The second-order valence-corrected chi connectivity index (χ2v) is 8.32. The van der Waals surface area contributed by atoms with Crippen LogP contribution in [0.1, 0.15) is 46.1 Å². The van der Waals surface area contributed by atoms with E-state index in [0.717, 1.165) is 5.56 Å². The molecule has 0 spiro atoms. The van der Waals surface area contributed by atoms with Crippen LogP contribution < -0.4 is 5.32 Å². The summed E-state index contributed by atoms with van der Waals surface area (Å²) < 4.78 is 5.40. The Hall–Kier alpha value is -1.75. The number of benzene rings is 1. The molecule has 0 radical (unpaired) electrons. The van der Waals surface area contributed by atoms with Gasteiger partial charge in [-0.15, -0.1) is 0 Å². The summed E-state index contributed by atoms with van der Waals surface area (Å²) in [5.41, 5.74) is 0.129. The van der Waals surface area contributed by atoms with E-state index in [1.54, 1.807) is 17.0 Å². The van der Waals surface area contributed by atoms with Crippen molar-refractivity contribution < 1.29 is 14.3 Å². The first-order chi connectivity index (χ1) is 11.6. The molecule has 1 aliphatic heterocycles. The van der Waals surface area contributed by atoms with Crippen LogP contribution in [0.15, 0.2) is 24.3 Å². The molecular formula is C19H27ClN2O3. The van der Waals surface area contributed by atoms with Crippen LogP contribution in [0.25, 0.3) is 0 Å². The lowest BCUT2D eigenvalue weighted by Crippen LogP contribution is -2.55. The predicted molar refractivity (Wildman–Crippen MR) is 98.7 cm³/mol. The quantitative estimate of drug-likeness (QED) is 0.885. The topological polar surface area (TPSA) is 58.6 Å². The molecule has 25 heavy (non-hydrogen) atoms. The van der Waals surface area contributed by atoms with Gasteiger partial charge in [-0.05, 0) is 58.2 Å². The monoisotopic (exact) mass is 366 g/mol. The summed E-state index contributed by atoms with van der Waals surface area (Å²) in [4.78, 5) is 26.2. The minimum absolute atomic E-state index is 0.0180. The summed E-state index contributed by atoms with van der Waals surface area (Å²) in [5, 5.41) is 3.77. The van der Waals surface area contributed by atoms with Crippen molar-refractivity contribution in [3.05, 3.63) is 34.9 Å². The molecule has 1 aliphatic rings. The molecule has 1 fully saturated rings. The Morgan fingerprint density at radius 3 is 2.28 bits per heavy atom. The highest BCUT2D eigenvalue weighted by molar-refractivity contribution is 6.30. The maximum atomic E-state index is 12.3. The molecular weight excluding hydrogens is 340 g/mol. The molecule has 0 atom stereocenters. The van der Waals surface area contributed by atoms with Crippen LogP contribution in [0.4, 0.5) is 4.79 Å². The standard InChI is InChI=1S/C19H27ClN2O3/c1-18(2,3)25-17(24)22-11-9-19(4,10-12-22)21-16(23)13-14-5-7-15(20)8-6-14/h5-8H,9-13H2,1-4H3,(H,21,23). The lowest BCUT2D eigenvalue weighted by molar-refractivity contribution is -0.122. The van der Waals surface area contributed by atoms with Crippen molar-refractivity contribution in [3.8, 4) is 0 Å². The van der Waals surface area contributed by atoms with Gasteiger partial charge in [-0.2, -0.15) is 0 Å². The molecule has 0 aliphatic carbocycles. The third-order valence-electron chi connectivity index (χ3n) is 4.24. The first-order valence-corrected chi connectivity index (χ1v) is 8.98. The van der Waals surface area contributed by atoms with E-state index in [9.17, 15) is 9.59 Å². The molecule has 1 aromatic rings. The first-order valence-electron chi connectivity index (χ1n) is 8.60. The number of nitrogens with one attached hydrogen (secondary N) is 1. The Morgan fingerprint density at radius 2 is 1.76 bits per heavy atom. The van der Waals surface area contributed by atoms with Gasteiger partial charge in [-0.3, -0.25) is 4.79 Å². The number of halogens is 1. The highest BCUT2D eigenvalue weighted by atomic mass is 35.5. The zero-order valence-corrected chi connectivity index (χ0v) is 16.2. The third-order valence-corrected chi connectivity index (χ3v) is 4.49. The number of rotatable bonds is 3. The molecule has 0 aromatic heterocycles. The van der Waals surface area contributed by atoms with Gasteiger partial charge in [0.2, 0.25) is 5.91 Å². The SMILES string of the molecule is CC1(NC(=O)Cc2ccc(Cl)cc2)CCN(C(=O)OC(C)(C)C)CC1. The number of nitrogens with zero attached hydrogens (tertiary/aromatic N) is 1. The Morgan fingerprint density at radius 1 is 1.20 bits per heavy atom. The number of piperidine rings is 1. The zero-order chi connectivity index (χ0) is 18.7. The second-order valence-electron chi connectivity index (χ2n) is 7.88. The van der Waals surface area contributed by atoms with Gasteiger partial charge in [-0.25, -0.2) is 4.79 Å². The maximum Gasteiger partial charge on any atom is 0.410 e. The lowest BCUT2D eigenvalue weighted by atomic mass is 9.89. The Balaban J connectivity index is 1.84. The number of hydrogen-bond donors (Lipinski definition) is 1. The lowest BCUT2D eigenvalue weighted by Gasteiger charge is -2.40. The Kier molecular flexibility index (Phi) is 5.99. The van der Waals surface area contributed by atoms with Crippen LogP contribution in [-0.2, 0) is 16.0 Å². The number of carbonyl (C=O) groups excluding carboxylic acids is 2. The van der Waals surface area contributed by atoms with Crippen molar-refractivity contribution in [2.24, 2.45) is 0 Å². The number of likely N-dealkylation sites (tertiary alicyclic amines) is 1. The summed E-state index contributed by atoms with van der Waals surface area (Å²) in [5.74, 6) is -0.0180. The fourth-order valence-corrected chi connectivity index (χ4v) is 2.93. The van der Waals surface area contributed by atoms with E-state index in [-0.39, 0.29) is 17.5 Å². The van der Waals surface area contributed by atoms with Crippen molar-refractivity contribution in [1.29, 1.82) is 0 Å². The number of ether oxygens (including phenoxy) is 1. The van der Waals surface area contributed by atoms with Crippen LogP contribution >= 0.6 is 11.6 Å². The summed E-state index contributed by atoms with van der Waals surface area (Å²) in [7, 11) is 0. The first kappa shape index (κ1) is 19.6. The van der Waals surface area contributed by atoms with Crippen molar-refractivity contribution >= 4 is 23.6 Å². The molecule has 138 valence electrons. The van der Waals surface area contributed by atoms with Crippen LogP contribution in [0.5, 0.6) is 0 Å².